The van der Waals surface area contributed by atoms with Crippen molar-refractivity contribution in [1.29, 1.82) is 5.26 Å². The minimum Gasteiger partial charge on any atom is -0.494 e. The van der Waals surface area contributed by atoms with E-state index in [-0.39, 0.29) is 5.91 Å². The zero-order chi connectivity index (χ0) is 19.5. The Morgan fingerprint density at radius 2 is 1.93 bits per heavy atom. The van der Waals surface area contributed by atoms with E-state index in [1.165, 1.54) is 0 Å². The van der Waals surface area contributed by atoms with Crippen LogP contribution < -0.4 is 9.64 Å². The molecule has 0 unspecified atom stereocenters. The molecule has 0 N–H and O–H groups in total. The molecule has 7 heteroatoms. The third-order valence-corrected chi connectivity index (χ3v) is 5.84. The largest absolute Gasteiger partial charge is 0.494 e. The highest BCUT2D eigenvalue weighted by Gasteiger charge is 2.24. The third-order valence-electron chi connectivity index (χ3n) is 4.76. The van der Waals surface area contributed by atoms with Gasteiger partial charge in [-0.15, -0.1) is 0 Å². The Kier molecular flexibility index (Phi) is 5.13. The number of carbonyl (C=O) groups excluding carboxylic acids is 1. The number of nitriles is 1. The summed E-state index contributed by atoms with van der Waals surface area (Å²) in [7, 11) is 0. The summed E-state index contributed by atoms with van der Waals surface area (Å²) in [4.78, 5) is 21.5. The number of piperazine rings is 1. The Morgan fingerprint density at radius 1 is 1.18 bits per heavy atom. The van der Waals surface area contributed by atoms with Gasteiger partial charge in [-0.25, -0.2) is 4.98 Å². The second-order valence-electron chi connectivity index (χ2n) is 6.53. The molecule has 3 aromatic rings. The summed E-state index contributed by atoms with van der Waals surface area (Å²) in [5.74, 6) is 0.873. The van der Waals surface area contributed by atoms with Gasteiger partial charge in [-0.3, -0.25) is 4.79 Å². The van der Waals surface area contributed by atoms with Crippen molar-refractivity contribution in [2.24, 2.45) is 0 Å². The fraction of sp³-hybridized carbons (Fsp3) is 0.286. The Morgan fingerprint density at radius 3 is 2.61 bits per heavy atom. The van der Waals surface area contributed by atoms with Crippen LogP contribution in [0.15, 0.2) is 42.5 Å². The molecule has 0 aliphatic carbocycles. The number of nitrogens with zero attached hydrogens (tertiary/aromatic N) is 4. The van der Waals surface area contributed by atoms with Gasteiger partial charge in [0, 0.05) is 31.7 Å². The summed E-state index contributed by atoms with van der Waals surface area (Å²) in [6, 6.07) is 14.8. The van der Waals surface area contributed by atoms with E-state index in [0.29, 0.717) is 30.8 Å². The quantitative estimate of drug-likeness (QED) is 0.679. The van der Waals surface area contributed by atoms with Crippen molar-refractivity contribution in [3.05, 3.63) is 53.6 Å². The number of anilines is 1. The van der Waals surface area contributed by atoms with E-state index in [1.54, 1.807) is 35.6 Å². The van der Waals surface area contributed by atoms with Crippen LogP contribution in [0.1, 0.15) is 22.8 Å². The highest BCUT2D eigenvalue weighted by Crippen LogP contribution is 2.32. The fourth-order valence-corrected chi connectivity index (χ4v) is 4.30. The third kappa shape index (κ3) is 3.64. The first-order valence-corrected chi connectivity index (χ1v) is 10.1. The van der Waals surface area contributed by atoms with Crippen LogP contribution in [0.4, 0.5) is 5.13 Å². The van der Waals surface area contributed by atoms with E-state index >= 15 is 0 Å². The molecule has 4 rings (SSSR count). The van der Waals surface area contributed by atoms with Crippen molar-refractivity contribution in [1.82, 2.24) is 9.88 Å². The van der Waals surface area contributed by atoms with Crippen molar-refractivity contribution in [2.45, 2.75) is 6.92 Å². The number of thiazole rings is 1. The molecule has 0 atom stereocenters. The van der Waals surface area contributed by atoms with Crippen LogP contribution in [0.2, 0.25) is 0 Å². The predicted octanol–water partition coefficient (Wildman–Crippen LogP) is 3.53. The summed E-state index contributed by atoms with van der Waals surface area (Å²) < 4.78 is 6.68. The summed E-state index contributed by atoms with van der Waals surface area (Å²) in [5.41, 5.74) is 2.15. The topological polar surface area (TPSA) is 69.5 Å². The standard InChI is InChI=1S/C21H20N4O2S/c1-2-27-17-7-8-18-19(13-17)28-21(23-18)25-11-9-24(10-12-25)20(26)16-5-3-15(14-22)4-6-16/h3-8,13H,2,9-12H2,1H3. The number of amides is 1. The van der Waals surface area contributed by atoms with Gasteiger partial charge in [0.15, 0.2) is 5.13 Å². The number of carbonyl (C=O) groups is 1. The van der Waals surface area contributed by atoms with Crippen LogP contribution in [-0.4, -0.2) is 48.6 Å². The van der Waals surface area contributed by atoms with Crippen molar-refractivity contribution in [3.63, 3.8) is 0 Å². The lowest BCUT2D eigenvalue weighted by atomic mass is 10.1. The predicted molar refractivity (Wildman–Crippen MR) is 110 cm³/mol. The van der Waals surface area contributed by atoms with E-state index in [1.807, 2.05) is 30.0 Å². The molecule has 1 aliphatic heterocycles. The molecule has 2 aromatic carbocycles. The van der Waals surface area contributed by atoms with E-state index in [2.05, 4.69) is 11.0 Å². The molecule has 0 bridgehead atoms. The van der Waals surface area contributed by atoms with Crippen molar-refractivity contribution < 1.29 is 9.53 Å². The highest BCUT2D eigenvalue weighted by molar-refractivity contribution is 7.22. The maximum Gasteiger partial charge on any atom is 0.253 e. The Hall–Kier alpha value is -3.11. The van der Waals surface area contributed by atoms with Gasteiger partial charge in [-0.2, -0.15) is 5.26 Å². The summed E-state index contributed by atoms with van der Waals surface area (Å²) in [6.45, 7) is 5.42. The molecule has 0 spiro atoms. The molecular formula is C21H20N4O2S. The summed E-state index contributed by atoms with van der Waals surface area (Å²) in [5, 5.41) is 9.87. The van der Waals surface area contributed by atoms with Crippen molar-refractivity contribution >= 4 is 32.6 Å². The van der Waals surface area contributed by atoms with E-state index in [0.717, 1.165) is 34.2 Å². The smallest absolute Gasteiger partial charge is 0.253 e. The first-order chi connectivity index (χ1) is 13.7. The summed E-state index contributed by atoms with van der Waals surface area (Å²) in [6.07, 6.45) is 0. The van der Waals surface area contributed by atoms with Crippen LogP contribution >= 0.6 is 11.3 Å². The molecular weight excluding hydrogens is 372 g/mol. The van der Waals surface area contributed by atoms with Gasteiger partial charge in [0.05, 0.1) is 28.5 Å². The highest BCUT2D eigenvalue weighted by atomic mass is 32.1. The van der Waals surface area contributed by atoms with Crippen LogP contribution in [0.25, 0.3) is 10.2 Å². The minimum absolute atomic E-state index is 0.00907. The number of benzene rings is 2. The normalized spacial score (nSPS) is 14.1. The zero-order valence-electron chi connectivity index (χ0n) is 15.6. The second kappa shape index (κ2) is 7.87. The van der Waals surface area contributed by atoms with Gasteiger partial charge >= 0.3 is 0 Å². The number of hydrogen-bond donors (Lipinski definition) is 0. The van der Waals surface area contributed by atoms with Crippen LogP contribution in [0.3, 0.4) is 0 Å². The van der Waals surface area contributed by atoms with Gasteiger partial charge in [0.2, 0.25) is 0 Å². The number of ether oxygens (including phenoxy) is 1. The number of aromatic nitrogens is 1. The Labute approximate surface area is 167 Å². The fourth-order valence-electron chi connectivity index (χ4n) is 3.26. The molecule has 1 saturated heterocycles. The van der Waals surface area contributed by atoms with Gasteiger partial charge < -0.3 is 14.5 Å². The van der Waals surface area contributed by atoms with Gasteiger partial charge in [0.1, 0.15) is 5.75 Å². The molecule has 1 amide bonds. The lowest BCUT2D eigenvalue weighted by Crippen LogP contribution is -2.48. The van der Waals surface area contributed by atoms with Gasteiger partial charge in [-0.05, 0) is 49.4 Å². The van der Waals surface area contributed by atoms with E-state index in [9.17, 15) is 4.79 Å². The lowest BCUT2D eigenvalue weighted by molar-refractivity contribution is 0.0747. The minimum atomic E-state index is 0.00907. The van der Waals surface area contributed by atoms with Crippen molar-refractivity contribution in [3.8, 4) is 11.8 Å². The van der Waals surface area contributed by atoms with Crippen molar-refractivity contribution in [2.75, 3.05) is 37.7 Å². The molecule has 142 valence electrons. The molecule has 2 heterocycles. The zero-order valence-corrected chi connectivity index (χ0v) is 16.4. The van der Waals surface area contributed by atoms with Gasteiger partial charge in [-0.1, -0.05) is 11.3 Å². The van der Waals surface area contributed by atoms with E-state index < -0.39 is 0 Å². The van der Waals surface area contributed by atoms with E-state index in [4.69, 9.17) is 15.0 Å². The molecule has 6 nitrogen and oxygen atoms in total. The molecule has 1 aromatic heterocycles. The average molecular weight is 392 g/mol. The SMILES string of the molecule is CCOc1ccc2nc(N3CCN(C(=O)c4ccc(C#N)cc4)CC3)sc2c1. The van der Waals surface area contributed by atoms with Gasteiger partial charge in [0.25, 0.3) is 5.91 Å². The van der Waals surface area contributed by atoms with Crippen LogP contribution in [0.5, 0.6) is 5.75 Å². The Bertz CT molecular complexity index is 1030. The molecule has 1 fully saturated rings. The van der Waals surface area contributed by atoms with Crippen LogP contribution in [0, 0.1) is 11.3 Å². The average Bonchev–Trinajstić information content (AvgIpc) is 3.17. The maximum absolute atomic E-state index is 12.7. The number of rotatable bonds is 4. The number of fused-ring (bicyclic) bond motifs is 1. The first kappa shape index (κ1) is 18.3. The first-order valence-electron chi connectivity index (χ1n) is 9.25. The Balaban J connectivity index is 1.42. The molecule has 0 saturated carbocycles. The molecule has 1 aliphatic rings. The maximum atomic E-state index is 12.7. The summed E-state index contributed by atoms with van der Waals surface area (Å²) >= 11 is 1.65. The molecule has 28 heavy (non-hydrogen) atoms. The second-order valence-corrected chi connectivity index (χ2v) is 7.54. The molecule has 0 radical (unpaired) electrons. The monoisotopic (exact) mass is 392 g/mol. The number of hydrogen-bond acceptors (Lipinski definition) is 6. The van der Waals surface area contributed by atoms with Crippen LogP contribution in [-0.2, 0) is 0 Å². The lowest BCUT2D eigenvalue weighted by Gasteiger charge is -2.34.